The molecule has 6 aromatic carbocycles. The van der Waals surface area contributed by atoms with Gasteiger partial charge in [-0.1, -0.05) is 202 Å². The van der Waals surface area contributed by atoms with E-state index < -0.39 is 198 Å². The Balaban J connectivity index is 1.10. The van der Waals surface area contributed by atoms with Crippen molar-refractivity contribution >= 4 is 49.7 Å². The highest BCUT2D eigenvalue weighted by Gasteiger charge is 2.62. The molecule has 30 nitrogen and oxygen atoms in total. The van der Waals surface area contributed by atoms with Crippen LogP contribution in [0.4, 0.5) is 0 Å². The third-order valence-electron chi connectivity index (χ3n) is 19.9. The van der Waals surface area contributed by atoms with Crippen molar-refractivity contribution in [2.24, 2.45) is 0 Å². The average molecular weight is 1660 g/mol. The van der Waals surface area contributed by atoms with Crippen LogP contribution in [0.1, 0.15) is 81.3 Å². The second kappa shape index (κ2) is 45.0. The van der Waals surface area contributed by atoms with Crippen LogP contribution in [-0.2, 0) is 163 Å². The highest BCUT2D eigenvalue weighted by Crippen LogP contribution is 2.42. The lowest BCUT2D eigenvalue weighted by Crippen LogP contribution is -2.70. The second-order valence-electron chi connectivity index (χ2n) is 30.5. The molecular formula is C87H110N2O28Si. The van der Waals surface area contributed by atoms with Crippen molar-refractivity contribution in [3.05, 3.63) is 215 Å². The van der Waals surface area contributed by atoms with Gasteiger partial charge in [0, 0.05) is 56.2 Å². The predicted molar refractivity (Wildman–Crippen MR) is 423 cm³/mol. The van der Waals surface area contributed by atoms with Crippen LogP contribution in [0.3, 0.4) is 0 Å². The molecule has 4 aliphatic rings. The Morgan fingerprint density at radius 2 is 0.864 bits per heavy atom. The Kier molecular flexibility index (Phi) is 34.9. The molecule has 4 saturated heterocycles. The fraction of sp³-hybridized carbons (Fsp3) is 0.506. The summed E-state index contributed by atoms with van der Waals surface area (Å²) in [7, 11) is -0.764. The fourth-order valence-electron chi connectivity index (χ4n) is 14.3. The summed E-state index contributed by atoms with van der Waals surface area (Å²) < 4.78 is 127. The number of esters is 5. The number of amides is 2. The molecule has 0 radical (unpaired) electrons. The molecule has 0 aromatic heterocycles. The molecule has 0 bridgehead atoms. The van der Waals surface area contributed by atoms with Crippen LogP contribution < -0.4 is 10.6 Å². The maximum Gasteiger partial charge on any atom is 0.366 e. The zero-order valence-corrected chi connectivity index (χ0v) is 69.1. The van der Waals surface area contributed by atoms with E-state index in [2.05, 4.69) is 30.3 Å². The van der Waals surface area contributed by atoms with E-state index in [4.69, 9.17) is 90.0 Å². The molecular weight excluding hydrogens is 1550 g/mol. The van der Waals surface area contributed by atoms with Crippen molar-refractivity contribution in [2.75, 3.05) is 40.1 Å². The minimum Gasteiger partial charge on any atom is -0.465 e. The Hall–Kier alpha value is -8.81. The summed E-state index contributed by atoms with van der Waals surface area (Å²) in [6, 6.07) is 54.5. The van der Waals surface area contributed by atoms with Gasteiger partial charge < -0.3 is 111 Å². The van der Waals surface area contributed by atoms with Crippen molar-refractivity contribution in [1.82, 2.24) is 10.6 Å². The van der Waals surface area contributed by atoms with E-state index in [1.165, 1.54) is 6.92 Å². The Morgan fingerprint density at radius 3 is 1.28 bits per heavy atom. The van der Waals surface area contributed by atoms with Crippen LogP contribution in [0.25, 0.3) is 0 Å². The number of hydrogen-bond donors (Lipinski definition) is 4. The first-order valence-electron chi connectivity index (χ1n) is 39.4. The van der Waals surface area contributed by atoms with Gasteiger partial charge >= 0.3 is 29.8 Å². The van der Waals surface area contributed by atoms with Gasteiger partial charge in [0.25, 0.3) is 5.79 Å². The van der Waals surface area contributed by atoms with E-state index in [0.717, 1.165) is 75.6 Å². The second-order valence-corrected chi connectivity index (χ2v) is 36.1. The average Bonchev–Trinajstić information content (AvgIpc) is 0.758. The normalized spacial score (nSPS) is 27.6. The first-order chi connectivity index (χ1) is 56.7. The molecule has 640 valence electrons. The van der Waals surface area contributed by atoms with Crippen LogP contribution in [0.2, 0.25) is 25.7 Å². The summed E-state index contributed by atoms with van der Waals surface area (Å²) in [5.74, 6) is -9.47. The topological polar surface area (TPSA) is 359 Å². The zero-order chi connectivity index (χ0) is 84.3. The molecule has 6 aromatic rings. The van der Waals surface area contributed by atoms with Crippen LogP contribution in [-0.4, -0.2) is 228 Å². The maximum atomic E-state index is 14.8. The minimum absolute atomic E-state index is 0.0281. The maximum absolute atomic E-state index is 14.8. The van der Waals surface area contributed by atoms with Crippen molar-refractivity contribution in [3.8, 4) is 0 Å². The summed E-state index contributed by atoms with van der Waals surface area (Å²) >= 11 is 0. The van der Waals surface area contributed by atoms with E-state index in [-0.39, 0.29) is 52.9 Å². The van der Waals surface area contributed by atoms with Crippen LogP contribution in [0.15, 0.2) is 182 Å². The lowest BCUT2D eigenvalue weighted by atomic mass is 9.87. The zero-order valence-electron chi connectivity index (χ0n) is 68.1. The van der Waals surface area contributed by atoms with Gasteiger partial charge in [-0.25, -0.2) is 4.79 Å². The van der Waals surface area contributed by atoms with Gasteiger partial charge in [-0.3, -0.25) is 28.8 Å². The van der Waals surface area contributed by atoms with Gasteiger partial charge in [-0.2, -0.15) is 0 Å². The van der Waals surface area contributed by atoms with Crippen molar-refractivity contribution in [1.29, 1.82) is 0 Å². The molecule has 21 atom stereocenters. The Morgan fingerprint density at radius 1 is 0.458 bits per heavy atom. The molecule has 0 spiro atoms. The standard InChI is InChI=1S/C87H110N2O28Si/c1-54(90)88-71-66(109-57(4)93)43-87(86(98)99-7,117-78(71)75(111-59(6)95)70(110-58(5)94)52-103-56(3)92)108-53-67-73(96)74(97)72(89-55(2)91)83(112-67)115-76-69(51-101-45-61-31-19-12-20-32-61)114-85(82(107-49-65-39-27-16-28-40-65)80(76)105-47-63-35-23-14-24-36-63)116-77-68(50-100-44-60-29-17-11-18-30-60)113-84(102-41-42-118(8,9)10)81(106-48-64-37-25-15-26-38-64)79(77)104-46-62-33-21-13-22-34-62/h11-40,66-85,96-97H,41-53H2,1-10H3,(H,88,90)(H,89,91)/t66-,67+,68+,69+,70+,71+,72+,73-,74+,75+,76+,77+,78+,79-,80-,81+,82+,83-,84+,85-,87+/m0/s1. The molecule has 0 unspecified atom stereocenters. The number of rotatable bonds is 41. The molecule has 4 aliphatic heterocycles. The molecule has 2 amide bonds. The number of aliphatic hydroxyl groups excluding tert-OH is 2. The van der Waals surface area contributed by atoms with Crippen molar-refractivity contribution < 1.29 is 134 Å². The number of carbonyl (C=O) groups is 7. The smallest absolute Gasteiger partial charge is 0.366 e. The van der Waals surface area contributed by atoms with Gasteiger partial charge in [0.2, 0.25) is 11.8 Å². The Bertz CT molecular complexity index is 4090. The third kappa shape index (κ3) is 27.1. The number of ether oxygens (including phenoxy) is 19. The molecule has 4 fully saturated rings. The Labute approximate surface area is 688 Å². The van der Waals surface area contributed by atoms with Gasteiger partial charge in [-0.15, -0.1) is 0 Å². The summed E-state index contributed by atoms with van der Waals surface area (Å²) in [6.07, 6.45) is -28.3. The monoisotopic (exact) mass is 1660 g/mol. The number of methoxy groups -OCH3 is 1. The first-order valence-corrected chi connectivity index (χ1v) is 43.1. The van der Waals surface area contributed by atoms with Gasteiger partial charge in [-0.05, 0) is 39.4 Å². The molecule has 118 heavy (non-hydrogen) atoms. The number of carbonyl (C=O) groups excluding carboxylic acids is 7. The van der Waals surface area contributed by atoms with E-state index in [1.807, 2.05) is 182 Å². The van der Waals surface area contributed by atoms with Gasteiger partial charge in [0.15, 0.2) is 31.1 Å². The highest BCUT2D eigenvalue weighted by molar-refractivity contribution is 6.76. The molecule has 10 rings (SSSR count). The van der Waals surface area contributed by atoms with Crippen LogP contribution in [0.5, 0.6) is 0 Å². The van der Waals surface area contributed by atoms with E-state index >= 15 is 0 Å². The van der Waals surface area contributed by atoms with E-state index in [1.54, 1.807) is 0 Å². The van der Waals surface area contributed by atoms with Crippen LogP contribution >= 0.6 is 0 Å². The predicted octanol–water partition coefficient (Wildman–Crippen LogP) is 7.83. The van der Waals surface area contributed by atoms with Gasteiger partial charge in [0.1, 0.15) is 92.0 Å². The van der Waals surface area contributed by atoms with E-state index in [0.29, 0.717) is 12.2 Å². The molecule has 0 aliphatic carbocycles. The number of aliphatic hydroxyl groups is 2. The van der Waals surface area contributed by atoms with Crippen LogP contribution in [0, 0.1) is 0 Å². The van der Waals surface area contributed by atoms with E-state index in [9.17, 15) is 43.8 Å². The van der Waals surface area contributed by atoms with Gasteiger partial charge in [0.05, 0.1) is 79.0 Å². The van der Waals surface area contributed by atoms with Crippen molar-refractivity contribution in [3.63, 3.8) is 0 Å². The molecule has 4 N–H and O–H groups in total. The summed E-state index contributed by atoms with van der Waals surface area (Å²) in [5, 5.41) is 30.4. The highest BCUT2D eigenvalue weighted by atomic mass is 28.3. The SMILES string of the molecule is COC(=O)[C@@]1(OC[C@H]2O[C@@H](O[C@H]3[C@H](OCc4ccccc4)[C@@H](OCc4ccccc4)[C@H](O[C@H]4[C@H](OCc5ccccc5)[C@@H](OCc5ccccc5)[C@H](OCC[Si](C)(C)C)O[C@@H]4COCc4ccccc4)O[C@@H]3COCc3ccccc3)[C@H](NC(C)=O)[C@@H](O)[C@H]2O)C[C@H](OC(C)=O)[C@@H](NC(C)=O)[C@H]([C@H](OC(C)=O)[C@@H](COC(C)=O)OC(C)=O)O1. The number of hydrogen-bond acceptors (Lipinski definition) is 28. The molecule has 0 saturated carbocycles. The summed E-state index contributed by atoms with van der Waals surface area (Å²) in [5.41, 5.74) is 4.77. The lowest BCUT2D eigenvalue weighted by molar-refractivity contribution is -0.389. The fourth-order valence-corrected chi connectivity index (χ4v) is 15.0. The lowest BCUT2D eigenvalue weighted by Gasteiger charge is -2.51. The number of benzene rings is 6. The summed E-state index contributed by atoms with van der Waals surface area (Å²) in [4.78, 5) is 93.2. The molecule has 31 heteroatoms. The third-order valence-corrected chi connectivity index (χ3v) is 21.6. The molecule has 4 heterocycles. The largest absolute Gasteiger partial charge is 0.465 e. The minimum atomic E-state index is -2.85. The quantitative estimate of drug-likeness (QED) is 0.0161. The van der Waals surface area contributed by atoms with Crippen molar-refractivity contribution in [2.45, 2.75) is 242 Å². The number of nitrogens with one attached hydrogen (secondary N) is 2. The summed E-state index contributed by atoms with van der Waals surface area (Å²) in [6.45, 7) is 11.5. The first kappa shape index (κ1) is 91.5.